The molecule has 0 saturated carbocycles. The van der Waals surface area contributed by atoms with E-state index in [4.69, 9.17) is 0 Å². The molecule has 1 amide bonds. The second kappa shape index (κ2) is 6.41. The maximum atomic E-state index is 12.6. The van der Waals surface area contributed by atoms with Crippen molar-refractivity contribution in [2.24, 2.45) is 0 Å². The van der Waals surface area contributed by atoms with Crippen LogP contribution in [0, 0.1) is 0 Å². The largest absolute Gasteiger partial charge is 0.268 e. The number of aryl methyl sites for hydroxylation is 1. The molecule has 1 heterocycles. The maximum Gasteiger partial charge on any atom is 0.264 e. The minimum absolute atomic E-state index is 0.0564. The predicted octanol–water partition coefficient (Wildman–Crippen LogP) is 2.92. The summed E-state index contributed by atoms with van der Waals surface area (Å²) in [5.74, 6) is -0.649. The van der Waals surface area contributed by atoms with Crippen molar-refractivity contribution in [1.82, 2.24) is 9.71 Å². The van der Waals surface area contributed by atoms with Crippen LogP contribution in [0.5, 0.6) is 0 Å². The van der Waals surface area contributed by atoms with E-state index in [0.717, 1.165) is 12.0 Å². The highest BCUT2D eigenvalue weighted by Gasteiger charge is 2.20. The lowest BCUT2D eigenvalue weighted by Gasteiger charge is -2.09. The molecule has 3 aromatic rings. The van der Waals surface area contributed by atoms with Crippen LogP contribution in [0.1, 0.15) is 22.8 Å². The van der Waals surface area contributed by atoms with E-state index < -0.39 is 15.9 Å². The van der Waals surface area contributed by atoms with Crippen LogP contribution in [0.25, 0.3) is 10.8 Å². The van der Waals surface area contributed by atoms with E-state index in [-0.39, 0.29) is 4.90 Å². The monoisotopic (exact) mass is 340 g/mol. The van der Waals surface area contributed by atoms with Crippen LogP contribution in [0.3, 0.4) is 0 Å². The van der Waals surface area contributed by atoms with Crippen molar-refractivity contribution in [2.75, 3.05) is 0 Å². The van der Waals surface area contributed by atoms with Gasteiger partial charge in [-0.3, -0.25) is 9.78 Å². The molecule has 0 aliphatic carbocycles. The van der Waals surface area contributed by atoms with E-state index in [1.807, 2.05) is 19.1 Å². The number of pyridine rings is 1. The van der Waals surface area contributed by atoms with Crippen LogP contribution in [0.15, 0.2) is 65.8 Å². The Morgan fingerprint density at radius 2 is 1.83 bits per heavy atom. The molecule has 0 radical (unpaired) electrons. The van der Waals surface area contributed by atoms with E-state index in [2.05, 4.69) is 9.71 Å². The van der Waals surface area contributed by atoms with Crippen LogP contribution in [-0.2, 0) is 16.4 Å². The minimum Gasteiger partial charge on any atom is -0.268 e. The summed E-state index contributed by atoms with van der Waals surface area (Å²) in [4.78, 5) is 16.3. The van der Waals surface area contributed by atoms with Crippen LogP contribution < -0.4 is 4.72 Å². The Kier molecular flexibility index (Phi) is 4.31. The van der Waals surface area contributed by atoms with E-state index in [9.17, 15) is 13.2 Å². The molecule has 122 valence electrons. The Morgan fingerprint density at radius 1 is 1.08 bits per heavy atom. The second-order valence-corrected chi connectivity index (χ2v) is 6.99. The fourth-order valence-corrected chi connectivity index (χ4v) is 3.66. The van der Waals surface area contributed by atoms with Crippen molar-refractivity contribution in [2.45, 2.75) is 18.2 Å². The number of amides is 1. The summed E-state index contributed by atoms with van der Waals surface area (Å²) >= 11 is 0. The molecule has 5 nitrogen and oxygen atoms in total. The zero-order valence-corrected chi connectivity index (χ0v) is 13.9. The Balaban J connectivity index is 1.94. The van der Waals surface area contributed by atoms with Gasteiger partial charge in [-0.2, -0.15) is 0 Å². The summed E-state index contributed by atoms with van der Waals surface area (Å²) < 4.78 is 27.3. The summed E-state index contributed by atoms with van der Waals surface area (Å²) in [5, 5.41) is 1.22. The van der Waals surface area contributed by atoms with Crippen molar-refractivity contribution in [3.05, 3.63) is 72.1 Å². The maximum absolute atomic E-state index is 12.6. The molecular formula is C18H16N2O3S. The molecule has 3 rings (SSSR count). The Bertz CT molecular complexity index is 991. The first-order chi connectivity index (χ1) is 11.5. The molecule has 0 aliphatic rings. The van der Waals surface area contributed by atoms with Crippen LogP contribution in [0.2, 0.25) is 0 Å². The van der Waals surface area contributed by atoms with Gasteiger partial charge in [-0.15, -0.1) is 0 Å². The Labute approximate surface area is 140 Å². The summed E-state index contributed by atoms with van der Waals surface area (Å²) in [6.45, 7) is 2.01. The SMILES string of the molecule is CCc1ccc(C(=O)NS(=O)(=O)c2cccc3cnccc23)cc1. The first-order valence-electron chi connectivity index (χ1n) is 7.50. The number of carbonyl (C=O) groups excluding carboxylic acids is 1. The van der Waals surface area contributed by atoms with Crippen LogP contribution in [0.4, 0.5) is 0 Å². The smallest absolute Gasteiger partial charge is 0.264 e. The van der Waals surface area contributed by atoms with Crippen molar-refractivity contribution >= 4 is 26.7 Å². The summed E-state index contributed by atoms with van der Waals surface area (Å²) in [7, 11) is -3.98. The van der Waals surface area contributed by atoms with Crippen molar-refractivity contribution in [3.63, 3.8) is 0 Å². The zero-order chi connectivity index (χ0) is 17.2. The Hall–Kier alpha value is -2.73. The van der Waals surface area contributed by atoms with Gasteiger partial charge in [0.25, 0.3) is 15.9 Å². The highest BCUT2D eigenvalue weighted by atomic mass is 32.2. The van der Waals surface area contributed by atoms with Gasteiger partial charge < -0.3 is 0 Å². The zero-order valence-electron chi connectivity index (χ0n) is 13.1. The number of benzene rings is 2. The number of nitrogens with one attached hydrogen (secondary N) is 1. The first-order valence-corrected chi connectivity index (χ1v) is 8.98. The highest BCUT2D eigenvalue weighted by molar-refractivity contribution is 7.90. The average molecular weight is 340 g/mol. The molecule has 1 aromatic heterocycles. The number of rotatable bonds is 4. The number of hydrogen-bond donors (Lipinski definition) is 1. The molecule has 0 aliphatic heterocycles. The van der Waals surface area contributed by atoms with Gasteiger partial charge in [0.2, 0.25) is 0 Å². The highest BCUT2D eigenvalue weighted by Crippen LogP contribution is 2.22. The van der Waals surface area contributed by atoms with Crippen LogP contribution in [-0.4, -0.2) is 19.3 Å². The lowest BCUT2D eigenvalue weighted by molar-refractivity contribution is 0.0981. The van der Waals surface area contributed by atoms with Crippen molar-refractivity contribution in [3.8, 4) is 0 Å². The second-order valence-electron chi connectivity index (χ2n) is 5.34. The fourth-order valence-electron chi connectivity index (χ4n) is 2.45. The molecule has 0 atom stereocenters. The summed E-state index contributed by atoms with van der Waals surface area (Å²) in [6.07, 6.45) is 3.95. The molecule has 1 N–H and O–H groups in total. The number of fused-ring (bicyclic) bond motifs is 1. The lowest BCUT2D eigenvalue weighted by Crippen LogP contribution is -2.30. The molecule has 0 bridgehead atoms. The summed E-state index contributed by atoms with van der Waals surface area (Å²) in [6, 6.07) is 13.3. The van der Waals surface area contributed by atoms with Gasteiger partial charge in [0.15, 0.2) is 0 Å². The number of aromatic nitrogens is 1. The molecule has 2 aromatic carbocycles. The minimum atomic E-state index is -3.98. The number of sulfonamides is 1. The Morgan fingerprint density at radius 3 is 2.54 bits per heavy atom. The van der Waals surface area contributed by atoms with Crippen molar-refractivity contribution in [1.29, 1.82) is 0 Å². The van der Waals surface area contributed by atoms with E-state index in [0.29, 0.717) is 16.3 Å². The van der Waals surface area contributed by atoms with Gasteiger partial charge in [0, 0.05) is 28.7 Å². The molecular weight excluding hydrogens is 324 g/mol. The van der Waals surface area contributed by atoms with Gasteiger partial charge in [-0.25, -0.2) is 13.1 Å². The standard InChI is InChI=1S/C18H16N2O3S/c1-2-13-6-8-14(9-7-13)18(21)20-24(22,23)17-5-3-4-15-12-19-11-10-16(15)17/h3-12H,2H2,1H3,(H,20,21). The van der Waals surface area contributed by atoms with Gasteiger partial charge in [-0.05, 0) is 36.2 Å². The van der Waals surface area contributed by atoms with E-state index in [1.165, 1.54) is 12.3 Å². The van der Waals surface area contributed by atoms with E-state index in [1.54, 1.807) is 36.5 Å². The number of nitrogens with zero attached hydrogens (tertiary/aromatic N) is 1. The molecule has 24 heavy (non-hydrogen) atoms. The fraction of sp³-hybridized carbons (Fsp3) is 0.111. The third-order valence-corrected chi connectivity index (χ3v) is 5.17. The molecule has 0 saturated heterocycles. The topological polar surface area (TPSA) is 76.1 Å². The van der Waals surface area contributed by atoms with Gasteiger partial charge >= 0.3 is 0 Å². The normalized spacial score (nSPS) is 11.4. The van der Waals surface area contributed by atoms with Crippen LogP contribution >= 0.6 is 0 Å². The van der Waals surface area contributed by atoms with Crippen molar-refractivity contribution < 1.29 is 13.2 Å². The quantitative estimate of drug-likeness (QED) is 0.792. The van der Waals surface area contributed by atoms with Gasteiger partial charge in [-0.1, -0.05) is 31.2 Å². The summed E-state index contributed by atoms with van der Waals surface area (Å²) in [5.41, 5.74) is 1.38. The number of carbonyl (C=O) groups is 1. The molecule has 0 fully saturated rings. The first kappa shape index (κ1) is 16.1. The molecule has 0 unspecified atom stereocenters. The molecule has 0 spiro atoms. The third-order valence-electron chi connectivity index (χ3n) is 3.78. The lowest BCUT2D eigenvalue weighted by atomic mass is 10.1. The predicted molar refractivity (Wildman–Crippen MR) is 92.2 cm³/mol. The average Bonchev–Trinajstić information content (AvgIpc) is 2.61. The molecule has 6 heteroatoms. The number of hydrogen-bond acceptors (Lipinski definition) is 4. The van der Waals surface area contributed by atoms with Gasteiger partial charge in [0.1, 0.15) is 0 Å². The van der Waals surface area contributed by atoms with E-state index >= 15 is 0 Å². The van der Waals surface area contributed by atoms with Gasteiger partial charge in [0.05, 0.1) is 4.90 Å². The third kappa shape index (κ3) is 3.14.